The average Bonchev–Trinajstić information content (AvgIpc) is 2.83. The molecule has 1 fully saturated rings. The first-order valence-corrected chi connectivity index (χ1v) is 8.67. The molecule has 7 heteroatoms. The van der Waals surface area contributed by atoms with Crippen LogP contribution in [0.1, 0.15) is 17.0 Å². The van der Waals surface area contributed by atoms with Crippen molar-refractivity contribution >= 4 is 46.5 Å². The molecule has 3 rings (SSSR count). The molecule has 0 unspecified atom stereocenters. The maximum atomic E-state index is 12.2. The van der Waals surface area contributed by atoms with E-state index < -0.39 is 17.8 Å². The van der Waals surface area contributed by atoms with Crippen LogP contribution in [0.4, 0.5) is 4.79 Å². The van der Waals surface area contributed by atoms with Crippen molar-refractivity contribution < 1.29 is 14.4 Å². The number of nitrogens with zero attached hydrogens (tertiary/aromatic N) is 2. The van der Waals surface area contributed by atoms with E-state index in [0.717, 1.165) is 31.1 Å². The number of barbiturate groups is 1. The Hall–Kier alpha value is -2.42. The molecule has 2 aromatic rings. The zero-order valence-electron chi connectivity index (χ0n) is 14.0. The van der Waals surface area contributed by atoms with Gasteiger partial charge in [0.25, 0.3) is 11.8 Å². The molecular formula is C18H16IN3O3. The van der Waals surface area contributed by atoms with E-state index in [1.807, 2.05) is 38.1 Å². The molecule has 0 spiro atoms. The summed E-state index contributed by atoms with van der Waals surface area (Å²) in [7, 11) is 1.34. The lowest BCUT2D eigenvalue weighted by Crippen LogP contribution is -2.52. The van der Waals surface area contributed by atoms with Gasteiger partial charge in [0.2, 0.25) is 0 Å². The molecule has 0 atom stereocenters. The number of amides is 4. The van der Waals surface area contributed by atoms with Crippen molar-refractivity contribution in [3.8, 4) is 5.69 Å². The second-order valence-corrected chi connectivity index (χ2v) is 7.07. The van der Waals surface area contributed by atoms with Crippen molar-refractivity contribution in [1.82, 2.24) is 14.8 Å². The number of hydrogen-bond donors (Lipinski definition) is 1. The van der Waals surface area contributed by atoms with Gasteiger partial charge in [0.05, 0.1) is 0 Å². The van der Waals surface area contributed by atoms with Crippen molar-refractivity contribution in [3.05, 3.63) is 56.4 Å². The fraction of sp³-hybridized carbons (Fsp3) is 0.167. The van der Waals surface area contributed by atoms with E-state index >= 15 is 0 Å². The van der Waals surface area contributed by atoms with Gasteiger partial charge < -0.3 is 4.57 Å². The van der Waals surface area contributed by atoms with E-state index in [4.69, 9.17) is 0 Å². The van der Waals surface area contributed by atoms with Crippen molar-refractivity contribution in [2.45, 2.75) is 13.8 Å². The SMILES string of the molecule is Cc1cc(/C=C2/C(=O)NC(=O)N(C)C2=O)c(C)n1-c1cccc(I)c1. The molecule has 1 aliphatic heterocycles. The van der Waals surface area contributed by atoms with Crippen LogP contribution in [0.3, 0.4) is 0 Å². The predicted molar refractivity (Wildman–Crippen MR) is 102 cm³/mol. The first kappa shape index (κ1) is 17.4. The Morgan fingerprint density at radius 1 is 1.12 bits per heavy atom. The van der Waals surface area contributed by atoms with Crippen molar-refractivity contribution in [2.24, 2.45) is 0 Å². The average molecular weight is 449 g/mol. The van der Waals surface area contributed by atoms with E-state index in [1.54, 1.807) is 0 Å². The Morgan fingerprint density at radius 2 is 1.84 bits per heavy atom. The molecule has 1 aromatic carbocycles. The van der Waals surface area contributed by atoms with Crippen LogP contribution in [-0.4, -0.2) is 34.4 Å². The van der Waals surface area contributed by atoms with Gasteiger partial charge in [-0.3, -0.25) is 19.8 Å². The molecule has 0 bridgehead atoms. The lowest BCUT2D eigenvalue weighted by Gasteiger charge is -2.22. The summed E-state index contributed by atoms with van der Waals surface area (Å²) in [4.78, 5) is 36.7. The van der Waals surface area contributed by atoms with Gasteiger partial charge in [-0.2, -0.15) is 0 Å². The highest BCUT2D eigenvalue weighted by molar-refractivity contribution is 14.1. The van der Waals surface area contributed by atoms with Crippen LogP contribution in [0.25, 0.3) is 11.8 Å². The number of carbonyl (C=O) groups is 3. The highest BCUT2D eigenvalue weighted by Gasteiger charge is 2.33. The van der Waals surface area contributed by atoms with Crippen LogP contribution >= 0.6 is 22.6 Å². The second-order valence-electron chi connectivity index (χ2n) is 5.82. The van der Waals surface area contributed by atoms with Crippen LogP contribution in [0.5, 0.6) is 0 Å². The number of aromatic nitrogens is 1. The zero-order valence-corrected chi connectivity index (χ0v) is 16.1. The third kappa shape index (κ3) is 3.11. The molecule has 1 aromatic heterocycles. The summed E-state index contributed by atoms with van der Waals surface area (Å²) >= 11 is 2.26. The lowest BCUT2D eigenvalue weighted by atomic mass is 10.1. The molecule has 6 nitrogen and oxygen atoms in total. The summed E-state index contributed by atoms with van der Waals surface area (Å²) in [5, 5.41) is 2.16. The highest BCUT2D eigenvalue weighted by Crippen LogP contribution is 2.24. The minimum Gasteiger partial charge on any atom is -0.318 e. The Bertz CT molecular complexity index is 943. The molecule has 2 heterocycles. The number of hydrogen-bond acceptors (Lipinski definition) is 3. The summed E-state index contributed by atoms with van der Waals surface area (Å²) in [6.07, 6.45) is 1.54. The van der Waals surface area contributed by atoms with E-state index in [-0.39, 0.29) is 5.57 Å². The first-order chi connectivity index (χ1) is 11.8. The number of nitrogens with one attached hydrogen (secondary N) is 1. The molecule has 0 saturated carbocycles. The van der Waals surface area contributed by atoms with E-state index in [9.17, 15) is 14.4 Å². The van der Waals surface area contributed by atoms with Gasteiger partial charge in [-0.05, 0) is 72.3 Å². The van der Waals surface area contributed by atoms with Crippen LogP contribution in [0.2, 0.25) is 0 Å². The van der Waals surface area contributed by atoms with Gasteiger partial charge in [0.1, 0.15) is 5.57 Å². The Labute approximate surface area is 158 Å². The summed E-state index contributed by atoms with van der Waals surface area (Å²) in [5.74, 6) is -1.28. The minimum atomic E-state index is -0.712. The predicted octanol–water partition coefficient (Wildman–Crippen LogP) is 2.79. The summed E-state index contributed by atoms with van der Waals surface area (Å²) in [6, 6.07) is 9.26. The fourth-order valence-electron chi connectivity index (χ4n) is 2.85. The third-order valence-electron chi connectivity index (χ3n) is 4.14. The van der Waals surface area contributed by atoms with Gasteiger partial charge in [-0.25, -0.2) is 4.79 Å². The molecule has 0 radical (unpaired) electrons. The van der Waals surface area contributed by atoms with Gasteiger partial charge in [-0.15, -0.1) is 0 Å². The molecule has 1 N–H and O–H groups in total. The van der Waals surface area contributed by atoms with Crippen molar-refractivity contribution in [2.75, 3.05) is 7.05 Å². The molecule has 128 valence electrons. The number of imide groups is 2. The number of likely N-dealkylation sites (N-methyl/N-ethyl adjacent to an activating group) is 1. The highest BCUT2D eigenvalue weighted by atomic mass is 127. The minimum absolute atomic E-state index is 0.0509. The topological polar surface area (TPSA) is 71.4 Å². The Kier molecular flexibility index (Phi) is 4.51. The maximum absolute atomic E-state index is 12.2. The fourth-order valence-corrected chi connectivity index (χ4v) is 3.37. The number of rotatable bonds is 2. The monoisotopic (exact) mass is 449 g/mol. The van der Waals surface area contributed by atoms with Crippen LogP contribution in [-0.2, 0) is 9.59 Å². The standard InChI is InChI=1S/C18H16IN3O3/c1-10-7-12(8-15-16(23)20-18(25)21(3)17(15)24)11(2)22(10)14-6-4-5-13(19)9-14/h4-9H,1-3H3,(H,20,23,25)/b15-8-. The summed E-state index contributed by atoms with van der Waals surface area (Å²) < 4.78 is 3.18. The number of aryl methyl sites for hydroxylation is 1. The van der Waals surface area contributed by atoms with Gasteiger partial charge in [0, 0.05) is 27.7 Å². The van der Waals surface area contributed by atoms with Crippen LogP contribution < -0.4 is 5.32 Å². The molecule has 1 saturated heterocycles. The van der Waals surface area contributed by atoms with Crippen LogP contribution in [0.15, 0.2) is 35.9 Å². The van der Waals surface area contributed by atoms with Crippen LogP contribution in [0, 0.1) is 17.4 Å². The number of urea groups is 1. The van der Waals surface area contributed by atoms with E-state index in [0.29, 0.717) is 0 Å². The second kappa shape index (κ2) is 6.47. The van der Waals surface area contributed by atoms with Crippen molar-refractivity contribution in [3.63, 3.8) is 0 Å². The normalized spacial score (nSPS) is 16.6. The molecule has 4 amide bonds. The zero-order chi connectivity index (χ0) is 18.3. The van der Waals surface area contributed by atoms with Gasteiger partial charge >= 0.3 is 6.03 Å². The first-order valence-electron chi connectivity index (χ1n) is 7.59. The van der Waals surface area contributed by atoms with Crippen molar-refractivity contribution in [1.29, 1.82) is 0 Å². The van der Waals surface area contributed by atoms with E-state index in [1.165, 1.54) is 13.1 Å². The van der Waals surface area contributed by atoms with Gasteiger partial charge in [0.15, 0.2) is 0 Å². The molecule has 0 aliphatic carbocycles. The number of benzene rings is 1. The number of halogens is 1. The largest absolute Gasteiger partial charge is 0.331 e. The smallest absolute Gasteiger partial charge is 0.318 e. The molecular weight excluding hydrogens is 433 g/mol. The summed E-state index contributed by atoms with van der Waals surface area (Å²) in [5.41, 5.74) is 3.62. The van der Waals surface area contributed by atoms with Gasteiger partial charge in [-0.1, -0.05) is 6.07 Å². The Balaban J connectivity index is 2.08. The molecule has 25 heavy (non-hydrogen) atoms. The molecule has 1 aliphatic rings. The Morgan fingerprint density at radius 3 is 2.52 bits per heavy atom. The third-order valence-corrected chi connectivity index (χ3v) is 4.81. The summed E-state index contributed by atoms with van der Waals surface area (Å²) in [6.45, 7) is 3.90. The lowest BCUT2D eigenvalue weighted by molar-refractivity contribution is -0.129. The maximum Gasteiger partial charge on any atom is 0.331 e. The van der Waals surface area contributed by atoms with E-state index in [2.05, 4.69) is 38.5 Å². The number of carbonyl (C=O) groups excluding carboxylic acids is 3. The quantitative estimate of drug-likeness (QED) is 0.436.